The molecule has 0 saturated carbocycles. The molecule has 0 spiro atoms. The summed E-state index contributed by atoms with van der Waals surface area (Å²) in [6.07, 6.45) is 0. The number of hydrogen-bond acceptors (Lipinski definition) is 6. The van der Waals surface area contributed by atoms with Crippen molar-refractivity contribution in [2.75, 3.05) is 40.1 Å². The lowest BCUT2D eigenvalue weighted by atomic mass is 10.4. The topological polar surface area (TPSA) is 79.7 Å². The van der Waals surface area contributed by atoms with Crippen LogP contribution in [0.4, 0.5) is 0 Å². The maximum absolute atomic E-state index is 11.4. The first kappa shape index (κ1) is 18.4. The van der Waals surface area contributed by atoms with Crippen LogP contribution in [0.3, 0.4) is 0 Å². The van der Waals surface area contributed by atoms with Gasteiger partial charge in [0.25, 0.3) is 9.05 Å². The molecule has 0 aliphatic heterocycles. The highest BCUT2D eigenvalue weighted by Crippen LogP contribution is 2.22. The Bertz CT molecular complexity index is 544. The van der Waals surface area contributed by atoms with Gasteiger partial charge in [0, 0.05) is 17.8 Å². The highest BCUT2D eigenvalue weighted by atomic mass is 35.7. The zero-order valence-electron chi connectivity index (χ0n) is 12.5. The minimum atomic E-state index is -3.78. The lowest BCUT2D eigenvalue weighted by molar-refractivity contribution is 0.0224. The van der Waals surface area contributed by atoms with Crippen LogP contribution in [-0.4, -0.2) is 58.3 Å². The minimum Gasteiger partial charge on any atom is -0.382 e. The number of ether oxygens (including phenoxy) is 3. The van der Waals surface area contributed by atoms with Crippen LogP contribution in [-0.2, 0) is 29.8 Å². The van der Waals surface area contributed by atoms with Crippen LogP contribution < -0.4 is 0 Å². The van der Waals surface area contributed by atoms with E-state index in [2.05, 4.69) is 5.10 Å². The van der Waals surface area contributed by atoms with Crippen LogP contribution in [0.15, 0.2) is 4.90 Å². The summed E-state index contributed by atoms with van der Waals surface area (Å²) >= 11 is 0. The first-order chi connectivity index (χ1) is 9.88. The Labute approximate surface area is 129 Å². The third kappa shape index (κ3) is 5.91. The Balaban J connectivity index is 2.37. The van der Waals surface area contributed by atoms with Crippen LogP contribution in [0.5, 0.6) is 0 Å². The van der Waals surface area contributed by atoms with Crippen molar-refractivity contribution in [2.24, 2.45) is 0 Å². The number of aryl methyl sites for hydroxylation is 1. The third-order valence-electron chi connectivity index (χ3n) is 2.81. The van der Waals surface area contributed by atoms with E-state index in [1.165, 1.54) is 0 Å². The van der Waals surface area contributed by atoms with E-state index < -0.39 is 9.05 Å². The lowest BCUT2D eigenvalue weighted by Gasteiger charge is -2.07. The fourth-order valence-electron chi connectivity index (χ4n) is 1.87. The molecule has 0 bridgehead atoms. The number of hydrogen-bond donors (Lipinski definition) is 0. The van der Waals surface area contributed by atoms with Crippen LogP contribution in [0.2, 0.25) is 0 Å². The quantitative estimate of drug-likeness (QED) is 0.469. The molecule has 0 fully saturated rings. The first-order valence-corrected chi connectivity index (χ1v) is 8.82. The summed E-state index contributed by atoms with van der Waals surface area (Å²) in [5.74, 6) is 0. The second kappa shape index (κ2) is 8.70. The molecule has 7 nitrogen and oxygen atoms in total. The zero-order chi connectivity index (χ0) is 15.9. The van der Waals surface area contributed by atoms with Crippen molar-refractivity contribution >= 4 is 19.7 Å². The number of aromatic nitrogens is 2. The van der Waals surface area contributed by atoms with Crippen molar-refractivity contribution in [3.63, 3.8) is 0 Å². The maximum Gasteiger partial charge on any atom is 0.264 e. The van der Waals surface area contributed by atoms with Gasteiger partial charge in [0.05, 0.1) is 51.0 Å². The SMILES string of the molecule is COCCOCCOCCn1nc(C)c(S(=O)(=O)Cl)c1C. The Morgan fingerprint density at radius 1 is 1.10 bits per heavy atom. The summed E-state index contributed by atoms with van der Waals surface area (Å²) in [5.41, 5.74) is 0.910. The fourth-order valence-corrected chi connectivity index (χ4v) is 3.39. The van der Waals surface area contributed by atoms with Crippen LogP contribution in [0.25, 0.3) is 0 Å². The molecule has 0 aromatic carbocycles. The molecule has 122 valence electrons. The van der Waals surface area contributed by atoms with Crippen LogP contribution >= 0.6 is 10.7 Å². The van der Waals surface area contributed by atoms with Crippen molar-refractivity contribution in [3.8, 4) is 0 Å². The van der Waals surface area contributed by atoms with Crippen molar-refractivity contribution in [3.05, 3.63) is 11.4 Å². The summed E-state index contributed by atoms with van der Waals surface area (Å²) in [7, 11) is 3.23. The van der Waals surface area contributed by atoms with Crippen molar-refractivity contribution in [2.45, 2.75) is 25.3 Å². The molecule has 0 atom stereocenters. The molecule has 0 amide bonds. The Morgan fingerprint density at radius 2 is 1.67 bits per heavy atom. The number of nitrogens with zero attached hydrogens (tertiary/aromatic N) is 2. The average molecular weight is 341 g/mol. The predicted molar refractivity (Wildman–Crippen MR) is 78.3 cm³/mol. The fraction of sp³-hybridized carbons (Fsp3) is 0.750. The molecular formula is C12H21ClN2O5S. The second-order valence-corrected chi connectivity index (χ2v) is 6.88. The van der Waals surface area contributed by atoms with Crippen molar-refractivity contribution < 1.29 is 22.6 Å². The molecule has 0 unspecified atom stereocenters. The number of rotatable bonds is 10. The van der Waals surface area contributed by atoms with Gasteiger partial charge in [-0.3, -0.25) is 4.68 Å². The van der Waals surface area contributed by atoms with E-state index in [1.807, 2.05) is 0 Å². The number of halogens is 1. The van der Waals surface area contributed by atoms with Gasteiger partial charge in [-0.2, -0.15) is 5.10 Å². The maximum atomic E-state index is 11.4. The van der Waals surface area contributed by atoms with Gasteiger partial charge < -0.3 is 14.2 Å². The molecule has 9 heteroatoms. The van der Waals surface area contributed by atoms with E-state index in [9.17, 15) is 8.42 Å². The van der Waals surface area contributed by atoms with E-state index in [0.29, 0.717) is 51.0 Å². The third-order valence-corrected chi connectivity index (χ3v) is 4.35. The molecule has 0 radical (unpaired) electrons. The van der Waals surface area contributed by atoms with Crippen LogP contribution in [0, 0.1) is 13.8 Å². The second-order valence-electron chi connectivity index (χ2n) is 4.38. The summed E-state index contributed by atoms with van der Waals surface area (Å²) in [6, 6.07) is 0. The monoisotopic (exact) mass is 340 g/mol. The van der Waals surface area contributed by atoms with Crippen molar-refractivity contribution in [1.82, 2.24) is 9.78 Å². The highest BCUT2D eigenvalue weighted by molar-refractivity contribution is 8.13. The molecule has 0 aliphatic rings. The van der Waals surface area contributed by atoms with Gasteiger partial charge in [-0.25, -0.2) is 8.42 Å². The van der Waals surface area contributed by atoms with Crippen molar-refractivity contribution in [1.29, 1.82) is 0 Å². The van der Waals surface area contributed by atoms with Gasteiger partial charge in [0.1, 0.15) is 4.90 Å². The van der Waals surface area contributed by atoms with E-state index in [0.717, 1.165) is 0 Å². The van der Waals surface area contributed by atoms with Gasteiger partial charge in [-0.05, 0) is 13.8 Å². The summed E-state index contributed by atoms with van der Waals surface area (Å²) in [5, 5.41) is 4.16. The Hall–Kier alpha value is -0.670. The standard InChI is InChI=1S/C12H21ClN2O5S/c1-10-12(21(13,16)17)11(2)15(14-10)4-5-19-8-9-20-7-6-18-3/h4-9H2,1-3H3. The van der Waals surface area contributed by atoms with Gasteiger partial charge in [-0.1, -0.05) is 0 Å². The molecule has 0 N–H and O–H groups in total. The minimum absolute atomic E-state index is 0.0760. The predicted octanol–water partition coefficient (Wildman–Crippen LogP) is 1.11. The summed E-state index contributed by atoms with van der Waals surface area (Å²) in [6.45, 7) is 6.20. The molecule has 0 saturated heterocycles. The van der Waals surface area contributed by atoms with E-state index >= 15 is 0 Å². The highest BCUT2D eigenvalue weighted by Gasteiger charge is 2.22. The van der Waals surface area contributed by atoms with E-state index in [-0.39, 0.29) is 4.90 Å². The normalized spacial score (nSPS) is 12.0. The molecule has 1 aromatic rings. The average Bonchev–Trinajstić information content (AvgIpc) is 2.67. The largest absolute Gasteiger partial charge is 0.382 e. The molecule has 1 rings (SSSR count). The van der Waals surface area contributed by atoms with Gasteiger partial charge >= 0.3 is 0 Å². The van der Waals surface area contributed by atoms with E-state index in [4.69, 9.17) is 24.9 Å². The lowest BCUT2D eigenvalue weighted by Crippen LogP contribution is -2.13. The summed E-state index contributed by atoms with van der Waals surface area (Å²) in [4.78, 5) is 0.0760. The summed E-state index contributed by atoms with van der Waals surface area (Å²) < 4.78 is 40.0. The van der Waals surface area contributed by atoms with Gasteiger partial charge in [-0.15, -0.1) is 0 Å². The van der Waals surface area contributed by atoms with Gasteiger partial charge in [0.15, 0.2) is 0 Å². The van der Waals surface area contributed by atoms with E-state index in [1.54, 1.807) is 25.6 Å². The number of methoxy groups -OCH3 is 1. The van der Waals surface area contributed by atoms with Gasteiger partial charge in [0.2, 0.25) is 0 Å². The first-order valence-electron chi connectivity index (χ1n) is 6.51. The zero-order valence-corrected chi connectivity index (χ0v) is 14.0. The smallest absolute Gasteiger partial charge is 0.264 e. The van der Waals surface area contributed by atoms with Crippen LogP contribution in [0.1, 0.15) is 11.4 Å². The molecule has 1 heterocycles. The molecule has 0 aliphatic carbocycles. The molecule has 1 aromatic heterocycles. The Kier molecular flexibility index (Phi) is 7.61. The molecular weight excluding hydrogens is 320 g/mol. The molecule has 21 heavy (non-hydrogen) atoms. The Morgan fingerprint density at radius 3 is 2.19 bits per heavy atom.